The van der Waals surface area contributed by atoms with Crippen LogP contribution in [0.3, 0.4) is 0 Å². The molecule has 0 aliphatic rings. The van der Waals surface area contributed by atoms with E-state index >= 15 is 0 Å². The Morgan fingerprint density at radius 2 is 1.88 bits per heavy atom. The van der Waals surface area contributed by atoms with E-state index < -0.39 is 16.7 Å². The number of carbonyl (C=O) groups excluding carboxylic acids is 2. The van der Waals surface area contributed by atoms with Gasteiger partial charge in [0.15, 0.2) is 0 Å². The van der Waals surface area contributed by atoms with E-state index in [1.807, 2.05) is 0 Å². The minimum atomic E-state index is -0.552. The van der Waals surface area contributed by atoms with Crippen LogP contribution >= 0.6 is 11.6 Å². The van der Waals surface area contributed by atoms with Crippen LogP contribution < -0.4 is 10.1 Å². The van der Waals surface area contributed by atoms with E-state index in [1.54, 1.807) is 12.1 Å². The average molecular weight is 378 g/mol. The summed E-state index contributed by atoms with van der Waals surface area (Å²) < 4.78 is 5.14. The number of nitrogens with zero attached hydrogens (tertiary/aromatic N) is 2. The third-order valence-corrected chi connectivity index (χ3v) is 3.72. The van der Waals surface area contributed by atoms with Crippen molar-refractivity contribution >= 4 is 34.8 Å². The van der Waals surface area contributed by atoms with Crippen LogP contribution in [0.4, 0.5) is 11.4 Å². The Morgan fingerprint density at radius 3 is 2.46 bits per heavy atom. The van der Waals surface area contributed by atoms with Gasteiger partial charge in [0.2, 0.25) is 5.91 Å². The Labute approximate surface area is 154 Å². The number of nitrogens with one attached hydrogen (secondary N) is 1. The molecule has 0 unspecified atom stereocenters. The highest BCUT2D eigenvalue weighted by atomic mass is 35.5. The first-order chi connectivity index (χ1) is 12.3. The van der Waals surface area contributed by atoms with Gasteiger partial charge in [0.1, 0.15) is 5.75 Å². The molecule has 2 aromatic rings. The summed E-state index contributed by atoms with van der Waals surface area (Å²) in [5.41, 5.74) is 0.516. The van der Waals surface area contributed by atoms with E-state index in [1.165, 1.54) is 49.4 Å². The van der Waals surface area contributed by atoms with Crippen LogP contribution in [0.25, 0.3) is 0 Å². The smallest absolute Gasteiger partial charge is 0.269 e. The molecule has 26 heavy (non-hydrogen) atoms. The molecule has 136 valence electrons. The molecule has 0 aromatic heterocycles. The molecule has 0 heterocycles. The molecule has 8 nitrogen and oxygen atoms in total. The molecule has 0 aliphatic carbocycles. The number of carbonyl (C=O) groups is 2. The average Bonchev–Trinajstić information content (AvgIpc) is 2.61. The number of methoxy groups -OCH3 is 1. The maximum Gasteiger partial charge on any atom is 0.269 e. The van der Waals surface area contributed by atoms with E-state index in [-0.39, 0.29) is 17.8 Å². The highest BCUT2D eigenvalue weighted by Crippen LogP contribution is 2.27. The van der Waals surface area contributed by atoms with Crippen molar-refractivity contribution in [3.8, 4) is 5.75 Å². The molecule has 0 fully saturated rings. The molecule has 0 atom stereocenters. The summed E-state index contributed by atoms with van der Waals surface area (Å²) in [4.78, 5) is 35.8. The fourth-order valence-corrected chi connectivity index (χ4v) is 2.37. The predicted octanol–water partition coefficient (Wildman–Crippen LogP) is 2.97. The number of anilines is 1. The fourth-order valence-electron chi connectivity index (χ4n) is 2.20. The number of likely N-dealkylation sites (N-methyl/N-ethyl adjacent to an activating group) is 1. The Balaban J connectivity index is 2.03. The van der Waals surface area contributed by atoms with Crippen molar-refractivity contribution in [3.05, 3.63) is 63.2 Å². The van der Waals surface area contributed by atoms with Crippen molar-refractivity contribution < 1.29 is 19.2 Å². The van der Waals surface area contributed by atoms with Crippen LogP contribution in [0, 0.1) is 10.1 Å². The van der Waals surface area contributed by atoms with E-state index in [9.17, 15) is 19.7 Å². The van der Waals surface area contributed by atoms with E-state index in [0.717, 1.165) is 0 Å². The number of halogens is 1. The molecule has 0 spiro atoms. The second-order valence-corrected chi connectivity index (χ2v) is 5.79. The van der Waals surface area contributed by atoms with E-state index in [2.05, 4.69) is 5.32 Å². The van der Waals surface area contributed by atoms with Gasteiger partial charge >= 0.3 is 0 Å². The van der Waals surface area contributed by atoms with E-state index in [4.69, 9.17) is 16.3 Å². The van der Waals surface area contributed by atoms with Crippen molar-refractivity contribution in [1.82, 2.24) is 4.90 Å². The SMILES string of the molecule is COc1ccc(Cl)cc1NC(=O)CN(C)C(=O)c1ccc([N+](=O)[O-])cc1. The molecular formula is C17H16ClN3O5. The summed E-state index contributed by atoms with van der Waals surface area (Å²) in [7, 11) is 2.92. The summed E-state index contributed by atoms with van der Waals surface area (Å²) in [6.45, 7) is -0.217. The molecule has 2 amide bonds. The largest absolute Gasteiger partial charge is 0.495 e. The van der Waals surface area contributed by atoms with Gasteiger partial charge in [-0.15, -0.1) is 0 Å². The lowest BCUT2D eigenvalue weighted by Crippen LogP contribution is -2.35. The van der Waals surface area contributed by atoms with Gasteiger partial charge < -0.3 is 15.0 Å². The maximum atomic E-state index is 12.3. The van der Waals surface area contributed by atoms with Crippen LogP contribution in [-0.2, 0) is 4.79 Å². The van der Waals surface area contributed by atoms with Gasteiger partial charge in [-0.05, 0) is 30.3 Å². The molecule has 0 saturated carbocycles. The first-order valence-electron chi connectivity index (χ1n) is 7.45. The van der Waals surface area contributed by atoms with Gasteiger partial charge in [0.25, 0.3) is 11.6 Å². The first-order valence-corrected chi connectivity index (χ1v) is 7.83. The Morgan fingerprint density at radius 1 is 1.23 bits per heavy atom. The number of non-ortho nitro benzene ring substituents is 1. The highest BCUT2D eigenvalue weighted by Gasteiger charge is 2.17. The second-order valence-electron chi connectivity index (χ2n) is 5.36. The third-order valence-electron chi connectivity index (χ3n) is 3.49. The minimum Gasteiger partial charge on any atom is -0.495 e. The van der Waals surface area contributed by atoms with Crippen molar-refractivity contribution in [2.45, 2.75) is 0 Å². The monoisotopic (exact) mass is 377 g/mol. The summed E-state index contributed by atoms with van der Waals surface area (Å²) in [5, 5.41) is 13.7. The van der Waals surface area contributed by atoms with Gasteiger partial charge in [-0.3, -0.25) is 19.7 Å². The normalized spacial score (nSPS) is 10.1. The molecule has 9 heteroatoms. The van der Waals surface area contributed by atoms with Crippen LogP contribution in [0.1, 0.15) is 10.4 Å². The molecule has 0 bridgehead atoms. The lowest BCUT2D eigenvalue weighted by atomic mass is 10.2. The minimum absolute atomic E-state index is 0.116. The molecular weight excluding hydrogens is 362 g/mol. The zero-order valence-electron chi connectivity index (χ0n) is 14.1. The number of nitro groups is 1. The van der Waals surface area contributed by atoms with Crippen LogP contribution in [0.5, 0.6) is 5.75 Å². The highest BCUT2D eigenvalue weighted by molar-refractivity contribution is 6.31. The van der Waals surface area contributed by atoms with Crippen LogP contribution in [0.2, 0.25) is 5.02 Å². The Bertz CT molecular complexity index is 839. The van der Waals surface area contributed by atoms with Crippen molar-refractivity contribution in [2.24, 2.45) is 0 Å². The fraction of sp³-hybridized carbons (Fsp3) is 0.176. The molecule has 0 aliphatic heterocycles. The third kappa shape index (κ3) is 4.70. The topological polar surface area (TPSA) is 102 Å². The lowest BCUT2D eigenvalue weighted by molar-refractivity contribution is -0.384. The summed E-state index contributed by atoms with van der Waals surface area (Å²) >= 11 is 5.91. The number of ether oxygens (including phenoxy) is 1. The standard InChI is InChI=1S/C17H16ClN3O5/c1-20(17(23)11-3-6-13(7-4-11)21(24)25)10-16(22)19-14-9-12(18)5-8-15(14)26-2/h3-9H,10H2,1-2H3,(H,19,22). The first kappa shape index (κ1) is 19.2. The van der Waals surface area contributed by atoms with E-state index in [0.29, 0.717) is 16.5 Å². The van der Waals surface area contributed by atoms with Crippen molar-refractivity contribution in [1.29, 1.82) is 0 Å². The molecule has 2 aromatic carbocycles. The second kappa shape index (κ2) is 8.30. The molecule has 2 rings (SSSR count). The lowest BCUT2D eigenvalue weighted by Gasteiger charge is -2.17. The quantitative estimate of drug-likeness (QED) is 0.616. The number of benzene rings is 2. The van der Waals surface area contributed by atoms with Gasteiger partial charge in [0, 0.05) is 29.8 Å². The summed E-state index contributed by atoms with van der Waals surface area (Å²) in [6.07, 6.45) is 0. The van der Waals surface area contributed by atoms with Gasteiger partial charge in [-0.2, -0.15) is 0 Å². The number of amides is 2. The number of hydrogen-bond acceptors (Lipinski definition) is 5. The molecule has 1 N–H and O–H groups in total. The van der Waals surface area contributed by atoms with Crippen LogP contribution in [0.15, 0.2) is 42.5 Å². The summed E-state index contributed by atoms with van der Waals surface area (Å²) in [6, 6.07) is 9.93. The van der Waals surface area contributed by atoms with Gasteiger partial charge in [-0.1, -0.05) is 11.6 Å². The van der Waals surface area contributed by atoms with Crippen LogP contribution in [-0.4, -0.2) is 42.3 Å². The number of nitro benzene ring substituents is 1. The molecule has 0 radical (unpaired) electrons. The van der Waals surface area contributed by atoms with Gasteiger partial charge in [-0.25, -0.2) is 0 Å². The number of rotatable bonds is 6. The number of hydrogen-bond donors (Lipinski definition) is 1. The van der Waals surface area contributed by atoms with Crippen molar-refractivity contribution in [2.75, 3.05) is 26.0 Å². The zero-order chi connectivity index (χ0) is 19.3. The molecule has 0 saturated heterocycles. The maximum absolute atomic E-state index is 12.3. The zero-order valence-corrected chi connectivity index (χ0v) is 14.8. The predicted molar refractivity (Wildman–Crippen MR) is 96.7 cm³/mol. The van der Waals surface area contributed by atoms with Crippen molar-refractivity contribution in [3.63, 3.8) is 0 Å². The summed E-state index contributed by atoms with van der Waals surface area (Å²) in [5.74, 6) is -0.441. The van der Waals surface area contributed by atoms with Gasteiger partial charge in [0.05, 0.1) is 24.3 Å². The Hall–Kier alpha value is -3.13. The Kier molecular flexibility index (Phi) is 6.13.